The molecule has 2 aromatic heterocycles. The molecule has 27 heavy (non-hydrogen) atoms. The molecule has 0 bridgehead atoms. The fourth-order valence-electron chi connectivity index (χ4n) is 3.30. The molecule has 6 nitrogen and oxygen atoms in total. The van der Waals surface area contributed by atoms with E-state index in [4.69, 9.17) is 4.99 Å². The van der Waals surface area contributed by atoms with Gasteiger partial charge in [0, 0.05) is 49.7 Å². The number of aryl methyl sites for hydroxylation is 1. The van der Waals surface area contributed by atoms with E-state index in [0.29, 0.717) is 12.0 Å². The average molecular weight is 502 g/mol. The van der Waals surface area contributed by atoms with Crippen LogP contribution in [0.25, 0.3) is 0 Å². The molecule has 0 spiro atoms. The molecule has 0 saturated carbocycles. The van der Waals surface area contributed by atoms with Crippen LogP contribution in [0.1, 0.15) is 37.5 Å². The van der Waals surface area contributed by atoms with Gasteiger partial charge in [-0.15, -0.1) is 35.3 Å². The Labute approximate surface area is 183 Å². The molecule has 0 aliphatic carbocycles. The number of piperidine rings is 1. The van der Waals surface area contributed by atoms with Crippen LogP contribution < -0.4 is 15.5 Å². The van der Waals surface area contributed by atoms with Crippen LogP contribution in [0.4, 0.5) is 5.69 Å². The van der Waals surface area contributed by atoms with Crippen molar-refractivity contribution in [1.82, 2.24) is 20.4 Å². The lowest BCUT2D eigenvalue weighted by Crippen LogP contribution is -2.51. The summed E-state index contributed by atoms with van der Waals surface area (Å²) in [6, 6.07) is 4.70. The zero-order chi connectivity index (χ0) is 18.4. The number of aliphatic imine (C=N–C) groups is 1. The molecule has 2 atom stereocenters. The number of thiophene rings is 1. The lowest BCUT2D eigenvalue weighted by Gasteiger charge is -2.34. The first kappa shape index (κ1) is 22.0. The third-order valence-electron chi connectivity index (χ3n) is 4.71. The number of halogens is 1. The summed E-state index contributed by atoms with van der Waals surface area (Å²) < 4.78 is 1.86. The number of guanidine groups is 1. The van der Waals surface area contributed by atoms with Crippen LogP contribution >= 0.6 is 35.3 Å². The van der Waals surface area contributed by atoms with Crippen molar-refractivity contribution in [2.75, 3.05) is 31.1 Å². The zero-order valence-corrected chi connectivity index (χ0v) is 19.5. The summed E-state index contributed by atoms with van der Waals surface area (Å²) in [7, 11) is 1.97. The maximum Gasteiger partial charge on any atom is 0.191 e. The lowest BCUT2D eigenvalue weighted by molar-refractivity contribution is 0.468. The zero-order valence-electron chi connectivity index (χ0n) is 16.4. The number of nitrogens with one attached hydrogen (secondary N) is 2. The number of hydrogen-bond donors (Lipinski definition) is 2. The molecule has 1 aliphatic heterocycles. The Morgan fingerprint density at radius 2 is 2.33 bits per heavy atom. The van der Waals surface area contributed by atoms with Crippen molar-refractivity contribution >= 4 is 47.0 Å². The van der Waals surface area contributed by atoms with Gasteiger partial charge < -0.3 is 15.5 Å². The summed E-state index contributed by atoms with van der Waals surface area (Å²) in [5.41, 5.74) is 1.20. The minimum atomic E-state index is 0. The van der Waals surface area contributed by atoms with Gasteiger partial charge in [0.05, 0.1) is 18.4 Å². The molecule has 1 saturated heterocycles. The van der Waals surface area contributed by atoms with Gasteiger partial charge in [0.15, 0.2) is 5.96 Å². The van der Waals surface area contributed by atoms with Gasteiger partial charge in [0.25, 0.3) is 0 Å². The predicted molar refractivity (Wildman–Crippen MR) is 126 cm³/mol. The van der Waals surface area contributed by atoms with Crippen LogP contribution in [0.15, 0.2) is 34.9 Å². The Kier molecular flexibility index (Phi) is 8.88. The number of rotatable bonds is 6. The smallest absolute Gasteiger partial charge is 0.191 e. The van der Waals surface area contributed by atoms with Crippen molar-refractivity contribution in [3.8, 4) is 0 Å². The van der Waals surface area contributed by atoms with Gasteiger partial charge in [-0.05, 0) is 31.2 Å². The molecule has 3 heterocycles. The van der Waals surface area contributed by atoms with E-state index in [-0.39, 0.29) is 24.0 Å². The van der Waals surface area contributed by atoms with Crippen LogP contribution in [0.5, 0.6) is 0 Å². The molecule has 0 radical (unpaired) electrons. The molecular weight excluding hydrogens is 471 g/mol. The summed E-state index contributed by atoms with van der Waals surface area (Å²) in [6.45, 7) is 8.10. The Morgan fingerprint density at radius 1 is 1.48 bits per heavy atom. The van der Waals surface area contributed by atoms with Crippen molar-refractivity contribution in [2.24, 2.45) is 12.0 Å². The summed E-state index contributed by atoms with van der Waals surface area (Å²) in [5.74, 6) is 1.37. The molecule has 2 unspecified atom stereocenters. The van der Waals surface area contributed by atoms with Gasteiger partial charge >= 0.3 is 0 Å². The molecule has 1 aliphatic rings. The van der Waals surface area contributed by atoms with Crippen LogP contribution in [0.3, 0.4) is 0 Å². The second kappa shape index (κ2) is 10.9. The molecule has 3 rings (SSSR count). The highest BCUT2D eigenvalue weighted by molar-refractivity contribution is 14.0. The van der Waals surface area contributed by atoms with E-state index in [1.807, 2.05) is 17.9 Å². The third-order valence-corrected chi connectivity index (χ3v) is 5.82. The van der Waals surface area contributed by atoms with E-state index in [9.17, 15) is 0 Å². The molecule has 150 valence electrons. The number of nitrogens with zero attached hydrogens (tertiary/aromatic N) is 4. The van der Waals surface area contributed by atoms with Crippen LogP contribution in [-0.2, 0) is 7.05 Å². The van der Waals surface area contributed by atoms with Gasteiger partial charge in [-0.2, -0.15) is 5.10 Å². The fourth-order valence-corrected chi connectivity index (χ4v) is 4.08. The monoisotopic (exact) mass is 502 g/mol. The van der Waals surface area contributed by atoms with Crippen molar-refractivity contribution in [3.05, 3.63) is 34.8 Å². The van der Waals surface area contributed by atoms with E-state index >= 15 is 0 Å². The summed E-state index contributed by atoms with van der Waals surface area (Å²) in [6.07, 6.45) is 6.38. The quantitative estimate of drug-likeness (QED) is 0.361. The lowest BCUT2D eigenvalue weighted by atomic mass is 10.1. The van der Waals surface area contributed by atoms with E-state index in [2.05, 4.69) is 58.2 Å². The number of hydrogen-bond acceptors (Lipinski definition) is 4. The van der Waals surface area contributed by atoms with Crippen molar-refractivity contribution in [1.29, 1.82) is 0 Å². The first-order valence-electron chi connectivity index (χ1n) is 9.47. The molecule has 2 aromatic rings. The number of anilines is 1. The standard InChI is InChI=1S/C19H30N6S.HI/c1-4-20-19(21-11-15(2)18-8-6-10-26-18)23-16-7-5-9-25(13-16)17-12-22-24(3)14-17;/h6,8,10,12,14-16H,4-5,7,9,11,13H2,1-3H3,(H2,20,21,23);1H. The van der Waals surface area contributed by atoms with Crippen LogP contribution in [-0.4, -0.2) is 48.0 Å². The Morgan fingerprint density at radius 3 is 3.00 bits per heavy atom. The largest absolute Gasteiger partial charge is 0.367 e. The topological polar surface area (TPSA) is 57.5 Å². The second-order valence-corrected chi connectivity index (χ2v) is 7.92. The Hall–Kier alpha value is -1.29. The van der Waals surface area contributed by atoms with Crippen LogP contribution in [0, 0.1) is 0 Å². The predicted octanol–water partition coefficient (Wildman–Crippen LogP) is 3.43. The molecule has 2 N–H and O–H groups in total. The minimum Gasteiger partial charge on any atom is -0.367 e. The van der Waals surface area contributed by atoms with Gasteiger partial charge in [0.1, 0.15) is 0 Å². The maximum absolute atomic E-state index is 4.83. The van der Waals surface area contributed by atoms with Gasteiger partial charge in [0.2, 0.25) is 0 Å². The average Bonchev–Trinajstić information content (AvgIpc) is 3.31. The van der Waals surface area contributed by atoms with E-state index in [0.717, 1.165) is 32.1 Å². The van der Waals surface area contributed by atoms with Crippen molar-refractivity contribution in [2.45, 2.75) is 38.6 Å². The van der Waals surface area contributed by atoms with E-state index < -0.39 is 0 Å². The maximum atomic E-state index is 4.83. The molecular formula is C19H31IN6S. The summed E-state index contributed by atoms with van der Waals surface area (Å²) in [4.78, 5) is 8.63. The van der Waals surface area contributed by atoms with E-state index in [1.165, 1.54) is 23.4 Å². The highest BCUT2D eigenvalue weighted by Gasteiger charge is 2.21. The van der Waals surface area contributed by atoms with E-state index in [1.54, 1.807) is 11.3 Å². The second-order valence-electron chi connectivity index (χ2n) is 6.94. The highest BCUT2D eigenvalue weighted by Crippen LogP contribution is 2.21. The summed E-state index contributed by atoms with van der Waals surface area (Å²) >= 11 is 1.81. The van der Waals surface area contributed by atoms with Gasteiger partial charge in [-0.25, -0.2) is 0 Å². The third kappa shape index (κ3) is 6.38. The summed E-state index contributed by atoms with van der Waals surface area (Å²) in [5, 5.41) is 13.5. The fraction of sp³-hybridized carbons (Fsp3) is 0.579. The molecule has 8 heteroatoms. The minimum absolute atomic E-state index is 0. The van der Waals surface area contributed by atoms with Crippen molar-refractivity contribution in [3.63, 3.8) is 0 Å². The Balaban J connectivity index is 0.00000261. The highest BCUT2D eigenvalue weighted by atomic mass is 127. The normalized spacial score (nSPS) is 18.7. The number of aromatic nitrogens is 2. The Bertz CT molecular complexity index is 699. The molecule has 0 aromatic carbocycles. The first-order chi connectivity index (χ1) is 12.7. The molecule has 0 amide bonds. The first-order valence-corrected chi connectivity index (χ1v) is 10.4. The SMILES string of the molecule is CCNC(=NCC(C)c1cccs1)NC1CCCN(c2cnn(C)c2)C1.I. The molecule has 1 fully saturated rings. The van der Waals surface area contributed by atoms with Crippen molar-refractivity contribution < 1.29 is 0 Å². The van der Waals surface area contributed by atoms with Gasteiger partial charge in [-0.1, -0.05) is 13.0 Å². The van der Waals surface area contributed by atoms with Crippen LogP contribution in [0.2, 0.25) is 0 Å². The van der Waals surface area contributed by atoms with Gasteiger partial charge in [-0.3, -0.25) is 9.67 Å².